The van der Waals surface area contributed by atoms with Gasteiger partial charge in [0.2, 0.25) is 0 Å². The fraction of sp³-hybridized carbons (Fsp3) is 0.300. The Balaban J connectivity index is 1.63. The summed E-state index contributed by atoms with van der Waals surface area (Å²) in [7, 11) is -1.74. The van der Waals surface area contributed by atoms with Crippen molar-refractivity contribution >= 4 is 38.4 Å². The number of methoxy groups -OCH3 is 1. The van der Waals surface area contributed by atoms with Crippen molar-refractivity contribution in [3.05, 3.63) is 59.7 Å². The molecule has 2 aromatic carbocycles. The minimum absolute atomic E-state index is 0.00416. The highest BCUT2D eigenvalue weighted by atomic mass is 32.2. The van der Waals surface area contributed by atoms with Crippen LogP contribution in [0.1, 0.15) is 5.56 Å². The molecule has 0 aromatic heterocycles. The summed E-state index contributed by atoms with van der Waals surface area (Å²) in [6, 6.07) is 9.46. The molecular formula is C20H18F2N2O4S2. The van der Waals surface area contributed by atoms with Crippen LogP contribution in [0.15, 0.2) is 47.5 Å². The van der Waals surface area contributed by atoms with Gasteiger partial charge in [0.25, 0.3) is 5.91 Å². The lowest BCUT2D eigenvalue weighted by Crippen LogP contribution is -2.38. The number of amides is 1. The van der Waals surface area contributed by atoms with Crippen molar-refractivity contribution in [3.8, 4) is 5.75 Å². The van der Waals surface area contributed by atoms with Crippen LogP contribution in [0, 0.1) is 11.6 Å². The van der Waals surface area contributed by atoms with E-state index in [0.717, 1.165) is 29.5 Å². The van der Waals surface area contributed by atoms with Gasteiger partial charge in [-0.15, -0.1) is 0 Å². The van der Waals surface area contributed by atoms with Gasteiger partial charge in [0.1, 0.15) is 17.4 Å². The summed E-state index contributed by atoms with van der Waals surface area (Å²) < 4.78 is 57.1. The molecule has 2 aliphatic rings. The van der Waals surface area contributed by atoms with E-state index < -0.39 is 33.4 Å². The third kappa shape index (κ3) is 4.20. The zero-order valence-corrected chi connectivity index (χ0v) is 17.6. The van der Waals surface area contributed by atoms with E-state index in [-0.39, 0.29) is 34.0 Å². The van der Waals surface area contributed by atoms with Crippen molar-refractivity contribution < 1.29 is 26.7 Å². The van der Waals surface area contributed by atoms with Gasteiger partial charge in [-0.25, -0.2) is 17.2 Å². The molecule has 0 aliphatic carbocycles. The highest BCUT2D eigenvalue weighted by Crippen LogP contribution is 2.41. The maximum Gasteiger partial charge on any atom is 0.252 e. The second-order valence-electron chi connectivity index (χ2n) is 7.08. The first-order chi connectivity index (χ1) is 14.3. The Morgan fingerprint density at radius 2 is 1.93 bits per heavy atom. The molecular weight excluding hydrogens is 434 g/mol. The molecule has 30 heavy (non-hydrogen) atoms. The number of anilines is 1. The monoisotopic (exact) mass is 452 g/mol. The van der Waals surface area contributed by atoms with Gasteiger partial charge in [-0.1, -0.05) is 23.9 Å². The van der Waals surface area contributed by atoms with Crippen molar-refractivity contribution in [2.75, 3.05) is 23.5 Å². The fourth-order valence-corrected chi connectivity index (χ4v) is 7.51. The third-order valence-electron chi connectivity index (χ3n) is 4.97. The molecule has 0 spiro atoms. The Morgan fingerprint density at radius 1 is 1.20 bits per heavy atom. The Kier molecular flexibility index (Phi) is 5.54. The Morgan fingerprint density at radius 3 is 2.60 bits per heavy atom. The number of carbonyl (C=O) groups is 1. The molecule has 2 aliphatic heterocycles. The number of sulfone groups is 1. The summed E-state index contributed by atoms with van der Waals surface area (Å²) in [4.78, 5) is 18.1. The van der Waals surface area contributed by atoms with Crippen molar-refractivity contribution in [2.45, 2.75) is 17.7 Å². The van der Waals surface area contributed by atoms with Crippen molar-refractivity contribution in [1.29, 1.82) is 0 Å². The number of nitrogens with zero attached hydrogens (tertiary/aromatic N) is 2. The third-order valence-corrected chi connectivity index (χ3v) is 8.18. The molecule has 0 saturated carbocycles. The van der Waals surface area contributed by atoms with E-state index in [1.807, 2.05) is 0 Å². The van der Waals surface area contributed by atoms with Gasteiger partial charge in [0.05, 0.1) is 36.8 Å². The lowest BCUT2D eigenvalue weighted by Gasteiger charge is -2.24. The van der Waals surface area contributed by atoms with Gasteiger partial charge in [-0.3, -0.25) is 4.79 Å². The number of ether oxygens (including phenoxy) is 1. The summed E-state index contributed by atoms with van der Waals surface area (Å²) in [5, 5.41) is -0.143. The van der Waals surface area contributed by atoms with Crippen LogP contribution >= 0.6 is 11.8 Å². The summed E-state index contributed by atoms with van der Waals surface area (Å²) in [5.74, 6) is -1.61. The number of benzene rings is 2. The van der Waals surface area contributed by atoms with Crippen LogP contribution in [0.5, 0.6) is 5.75 Å². The van der Waals surface area contributed by atoms with Crippen LogP contribution in [0.3, 0.4) is 0 Å². The Hall–Kier alpha value is -2.46. The van der Waals surface area contributed by atoms with Crippen LogP contribution in [-0.2, 0) is 21.1 Å². The van der Waals surface area contributed by atoms with E-state index in [9.17, 15) is 22.0 Å². The first-order valence-corrected chi connectivity index (χ1v) is 11.8. The van der Waals surface area contributed by atoms with Crippen LogP contribution in [0.25, 0.3) is 0 Å². The van der Waals surface area contributed by atoms with Crippen LogP contribution in [0.4, 0.5) is 14.5 Å². The first kappa shape index (κ1) is 20.8. The molecule has 158 valence electrons. The Labute approximate surface area is 176 Å². The lowest BCUT2D eigenvalue weighted by atomic mass is 10.1. The predicted octanol–water partition coefficient (Wildman–Crippen LogP) is 2.82. The van der Waals surface area contributed by atoms with E-state index >= 15 is 0 Å². The molecule has 2 unspecified atom stereocenters. The maximum absolute atomic E-state index is 14.5. The highest BCUT2D eigenvalue weighted by molar-refractivity contribution is 8.16. The van der Waals surface area contributed by atoms with Gasteiger partial charge in [0.15, 0.2) is 15.0 Å². The number of halogens is 2. The molecule has 10 heteroatoms. The number of aliphatic imine (C=N–C) groups is 1. The zero-order valence-electron chi connectivity index (χ0n) is 15.9. The average molecular weight is 453 g/mol. The molecule has 2 heterocycles. The van der Waals surface area contributed by atoms with Gasteiger partial charge < -0.3 is 9.64 Å². The predicted molar refractivity (Wildman–Crippen MR) is 112 cm³/mol. The van der Waals surface area contributed by atoms with Gasteiger partial charge in [0, 0.05) is 11.3 Å². The summed E-state index contributed by atoms with van der Waals surface area (Å²) in [5.41, 5.74) is 0.736. The first-order valence-electron chi connectivity index (χ1n) is 9.11. The Bertz CT molecular complexity index is 1120. The molecule has 1 amide bonds. The van der Waals surface area contributed by atoms with Gasteiger partial charge in [-0.05, 0) is 29.8 Å². The largest absolute Gasteiger partial charge is 0.497 e. The molecule has 0 N–H and O–H groups in total. The number of fused-ring (bicyclic) bond motifs is 1. The zero-order chi connectivity index (χ0) is 21.5. The second kappa shape index (κ2) is 7.99. The summed E-state index contributed by atoms with van der Waals surface area (Å²) in [6.45, 7) is 0. The molecule has 2 atom stereocenters. The molecule has 2 aromatic rings. The standard InChI is InChI=1S/C20H18F2N2O4S2/c1-28-14-5-2-12(3-6-14)8-19(25)23-20-24(16-7-4-13(21)9-15(16)22)17-10-30(26,27)11-18(17)29-20/h2-7,9,17-18H,8,10-11H2,1H3. The SMILES string of the molecule is COc1ccc(CC(=O)N=C2SC3CS(=O)(=O)CC3N2c2ccc(F)cc2F)cc1. The quantitative estimate of drug-likeness (QED) is 0.710. The summed E-state index contributed by atoms with van der Waals surface area (Å²) in [6.07, 6.45) is 0.0292. The average Bonchev–Trinajstić information content (AvgIpc) is 3.13. The second-order valence-corrected chi connectivity index (χ2v) is 10.4. The van der Waals surface area contributed by atoms with Crippen LogP contribution in [0.2, 0.25) is 0 Å². The highest BCUT2D eigenvalue weighted by Gasteiger charge is 2.50. The minimum atomic E-state index is -3.29. The number of thioether (sulfide) groups is 1. The van der Waals surface area contributed by atoms with Gasteiger partial charge in [-0.2, -0.15) is 4.99 Å². The summed E-state index contributed by atoms with van der Waals surface area (Å²) >= 11 is 1.14. The number of hydrogen-bond acceptors (Lipinski definition) is 5. The topological polar surface area (TPSA) is 76.0 Å². The van der Waals surface area contributed by atoms with E-state index in [2.05, 4.69) is 4.99 Å². The lowest BCUT2D eigenvalue weighted by molar-refractivity contribution is -0.117. The minimum Gasteiger partial charge on any atom is -0.497 e. The van der Waals surface area contributed by atoms with Crippen molar-refractivity contribution in [2.24, 2.45) is 4.99 Å². The molecule has 0 bridgehead atoms. The normalized spacial score (nSPS) is 23.6. The maximum atomic E-state index is 14.5. The van der Waals surface area contributed by atoms with Gasteiger partial charge >= 0.3 is 0 Å². The van der Waals surface area contributed by atoms with Crippen molar-refractivity contribution in [3.63, 3.8) is 0 Å². The molecule has 2 fully saturated rings. The number of rotatable bonds is 4. The molecule has 6 nitrogen and oxygen atoms in total. The van der Waals surface area contributed by atoms with Crippen LogP contribution < -0.4 is 9.64 Å². The fourth-order valence-electron chi connectivity index (χ4n) is 3.59. The van der Waals surface area contributed by atoms with E-state index in [1.54, 1.807) is 31.4 Å². The van der Waals surface area contributed by atoms with Crippen LogP contribution in [-0.4, -0.2) is 49.4 Å². The van der Waals surface area contributed by atoms with E-state index in [4.69, 9.17) is 4.74 Å². The molecule has 4 rings (SSSR count). The number of hydrogen-bond donors (Lipinski definition) is 0. The van der Waals surface area contributed by atoms with E-state index in [0.29, 0.717) is 5.75 Å². The smallest absolute Gasteiger partial charge is 0.252 e. The molecule has 0 radical (unpaired) electrons. The van der Waals surface area contributed by atoms with Crippen molar-refractivity contribution in [1.82, 2.24) is 0 Å². The number of amidine groups is 1. The molecule has 2 saturated heterocycles. The number of carbonyl (C=O) groups excluding carboxylic acids is 1. The van der Waals surface area contributed by atoms with E-state index in [1.165, 1.54) is 11.0 Å².